The van der Waals surface area contributed by atoms with E-state index in [2.05, 4.69) is 44.3 Å². The van der Waals surface area contributed by atoms with E-state index in [1.165, 1.54) is 31.6 Å². The van der Waals surface area contributed by atoms with Crippen LogP contribution in [0.4, 0.5) is 5.69 Å². The van der Waals surface area contributed by atoms with E-state index in [-0.39, 0.29) is 0 Å². The number of nitrogens with one attached hydrogen (secondary N) is 1. The van der Waals surface area contributed by atoms with Crippen LogP contribution in [0, 0.1) is 0 Å². The number of hydrogen-bond donors (Lipinski definition) is 1. The molecule has 82 valence electrons. The minimum Gasteiger partial charge on any atom is -0.384 e. The lowest BCUT2D eigenvalue weighted by Crippen LogP contribution is -2.25. The van der Waals surface area contributed by atoms with Crippen molar-refractivity contribution >= 4 is 21.6 Å². The highest BCUT2D eigenvalue weighted by molar-refractivity contribution is 9.10. The summed E-state index contributed by atoms with van der Waals surface area (Å²) in [5.74, 6) is 0. The second kappa shape index (κ2) is 5.52. The van der Waals surface area contributed by atoms with Gasteiger partial charge in [-0.05, 0) is 44.1 Å². The maximum Gasteiger partial charge on any atom is 0.0351 e. The number of hydrogen-bond acceptors (Lipinski definition) is 2. The molecule has 1 aromatic rings. The molecule has 2 nitrogen and oxygen atoms in total. The molecular formula is C12H17BrN2. The van der Waals surface area contributed by atoms with Gasteiger partial charge in [-0.1, -0.05) is 22.0 Å². The molecule has 0 saturated carbocycles. The van der Waals surface area contributed by atoms with Crippen LogP contribution in [-0.4, -0.2) is 31.1 Å². The number of benzene rings is 1. The number of halogens is 1. The Morgan fingerprint density at radius 2 is 2.07 bits per heavy atom. The SMILES string of the molecule is Brc1cccc(NCCN2CCCC2)c1. The van der Waals surface area contributed by atoms with Gasteiger partial charge in [0.25, 0.3) is 0 Å². The molecule has 0 atom stereocenters. The fourth-order valence-corrected chi connectivity index (χ4v) is 2.36. The van der Waals surface area contributed by atoms with Gasteiger partial charge in [0, 0.05) is 23.2 Å². The first-order chi connectivity index (χ1) is 7.34. The highest BCUT2D eigenvalue weighted by atomic mass is 79.9. The Kier molecular flexibility index (Phi) is 4.03. The van der Waals surface area contributed by atoms with Gasteiger partial charge in [0.1, 0.15) is 0 Å². The molecule has 1 aliphatic rings. The fourth-order valence-electron chi connectivity index (χ4n) is 1.96. The largest absolute Gasteiger partial charge is 0.384 e. The van der Waals surface area contributed by atoms with Crippen LogP contribution in [0.3, 0.4) is 0 Å². The Hall–Kier alpha value is -0.540. The summed E-state index contributed by atoms with van der Waals surface area (Å²) in [4.78, 5) is 2.52. The van der Waals surface area contributed by atoms with Crippen LogP contribution in [0.2, 0.25) is 0 Å². The molecule has 1 aromatic carbocycles. The lowest BCUT2D eigenvalue weighted by Gasteiger charge is -2.15. The van der Waals surface area contributed by atoms with E-state index in [9.17, 15) is 0 Å². The number of nitrogens with zero attached hydrogens (tertiary/aromatic N) is 1. The Morgan fingerprint density at radius 3 is 2.80 bits per heavy atom. The van der Waals surface area contributed by atoms with E-state index in [4.69, 9.17) is 0 Å². The molecular weight excluding hydrogens is 252 g/mol. The van der Waals surface area contributed by atoms with Crippen molar-refractivity contribution in [1.29, 1.82) is 0 Å². The normalized spacial score (nSPS) is 16.9. The van der Waals surface area contributed by atoms with Crippen LogP contribution in [0.15, 0.2) is 28.7 Å². The van der Waals surface area contributed by atoms with Gasteiger partial charge in [-0.25, -0.2) is 0 Å². The van der Waals surface area contributed by atoms with E-state index in [1.54, 1.807) is 0 Å². The van der Waals surface area contributed by atoms with Gasteiger partial charge in [-0.3, -0.25) is 0 Å². The molecule has 0 spiro atoms. The van der Waals surface area contributed by atoms with E-state index >= 15 is 0 Å². The molecule has 3 heteroatoms. The predicted molar refractivity (Wildman–Crippen MR) is 68.3 cm³/mol. The summed E-state index contributed by atoms with van der Waals surface area (Å²) in [5.41, 5.74) is 1.20. The van der Waals surface area contributed by atoms with E-state index in [0.717, 1.165) is 17.6 Å². The zero-order valence-electron chi connectivity index (χ0n) is 8.88. The third-order valence-electron chi connectivity index (χ3n) is 2.78. The van der Waals surface area contributed by atoms with Crippen LogP contribution in [0.1, 0.15) is 12.8 Å². The molecule has 1 saturated heterocycles. The molecule has 0 radical (unpaired) electrons. The molecule has 0 amide bonds. The summed E-state index contributed by atoms with van der Waals surface area (Å²) in [6.45, 7) is 4.75. The molecule has 15 heavy (non-hydrogen) atoms. The Labute approximate surface area is 99.8 Å². The molecule has 0 bridgehead atoms. The van der Waals surface area contributed by atoms with Gasteiger partial charge in [0.05, 0.1) is 0 Å². The lowest BCUT2D eigenvalue weighted by molar-refractivity contribution is 0.352. The third-order valence-corrected chi connectivity index (χ3v) is 3.27. The maximum atomic E-state index is 3.47. The Morgan fingerprint density at radius 1 is 1.27 bits per heavy atom. The average Bonchev–Trinajstić information content (AvgIpc) is 2.71. The topological polar surface area (TPSA) is 15.3 Å². The molecule has 1 heterocycles. The first kappa shape index (κ1) is 11.0. The van der Waals surface area contributed by atoms with Crippen LogP contribution in [0.25, 0.3) is 0 Å². The zero-order valence-corrected chi connectivity index (χ0v) is 10.5. The van der Waals surface area contributed by atoms with Crippen molar-refractivity contribution in [3.05, 3.63) is 28.7 Å². The molecule has 2 rings (SSSR count). The molecule has 0 aromatic heterocycles. The monoisotopic (exact) mass is 268 g/mol. The summed E-state index contributed by atoms with van der Waals surface area (Å²) < 4.78 is 1.13. The fraction of sp³-hybridized carbons (Fsp3) is 0.500. The van der Waals surface area contributed by atoms with Crippen LogP contribution in [-0.2, 0) is 0 Å². The van der Waals surface area contributed by atoms with Crippen molar-refractivity contribution in [3.8, 4) is 0 Å². The van der Waals surface area contributed by atoms with Gasteiger partial charge in [0.2, 0.25) is 0 Å². The van der Waals surface area contributed by atoms with Crippen LogP contribution < -0.4 is 5.32 Å². The van der Waals surface area contributed by atoms with Crippen molar-refractivity contribution in [2.24, 2.45) is 0 Å². The van der Waals surface area contributed by atoms with Crippen molar-refractivity contribution in [2.75, 3.05) is 31.5 Å². The summed E-state index contributed by atoms with van der Waals surface area (Å²) in [7, 11) is 0. The molecule has 1 N–H and O–H groups in total. The van der Waals surface area contributed by atoms with Gasteiger partial charge in [-0.2, -0.15) is 0 Å². The second-order valence-electron chi connectivity index (χ2n) is 3.99. The minimum absolute atomic E-state index is 1.04. The molecule has 1 aliphatic heterocycles. The van der Waals surface area contributed by atoms with Gasteiger partial charge in [0.15, 0.2) is 0 Å². The Bertz CT molecular complexity index is 308. The van der Waals surface area contributed by atoms with Crippen LogP contribution >= 0.6 is 15.9 Å². The van der Waals surface area contributed by atoms with Gasteiger partial charge < -0.3 is 10.2 Å². The highest BCUT2D eigenvalue weighted by Crippen LogP contribution is 2.15. The van der Waals surface area contributed by atoms with Gasteiger partial charge in [-0.15, -0.1) is 0 Å². The second-order valence-corrected chi connectivity index (χ2v) is 4.90. The van der Waals surface area contributed by atoms with Crippen molar-refractivity contribution in [3.63, 3.8) is 0 Å². The summed E-state index contributed by atoms with van der Waals surface area (Å²) >= 11 is 3.47. The quantitative estimate of drug-likeness (QED) is 0.904. The first-order valence-corrected chi connectivity index (χ1v) is 6.36. The number of rotatable bonds is 4. The highest BCUT2D eigenvalue weighted by Gasteiger charge is 2.09. The van der Waals surface area contributed by atoms with E-state index < -0.39 is 0 Å². The summed E-state index contributed by atoms with van der Waals surface area (Å²) in [6.07, 6.45) is 2.74. The number of anilines is 1. The average molecular weight is 269 g/mol. The summed E-state index contributed by atoms with van der Waals surface area (Å²) in [5, 5.41) is 3.44. The molecule has 0 aliphatic carbocycles. The molecule has 0 unspecified atom stereocenters. The summed E-state index contributed by atoms with van der Waals surface area (Å²) in [6, 6.07) is 8.33. The van der Waals surface area contributed by atoms with Gasteiger partial charge >= 0.3 is 0 Å². The third kappa shape index (κ3) is 3.50. The van der Waals surface area contributed by atoms with Crippen molar-refractivity contribution in [1.82, 2.24) is 4.90 Å². The van der Waals surface area contributed by atoms with Crippen LogP contribution in [0.5, 0.6) is 0 Å². The smallest absolute Gasteiger partial charge is 0.0351 e. The minimum atomic E-state index is 1.04. The van der Waals surface area contributed by atoms with Crippen molar-refractivity contribution < 1.29 is 0 Å². The zero-order chi connectivity index (χ0) is 10.5. The lowest BCUT2D eigenvalue weighted by atomic mass is 10.3. The van der Waals surface area contributed by atoms with E-state index in [0.29, 0.717) is 0 Å². The van der Waals surface area contributed by atoms with E-state index in [1.807, 2.05) is 6.07 Å². The van der Waals surface area contributed by atoms with Crippen molar-refractivity contribution in [2.45, 2.75) is 12.8 Å². The molecule has 1 fully saturated rings. The first-order valence-electron chi connectivity index (χ1n) is 5.56. The predicted octanol–water partition coefficient (Wildman–Crippen LogP) is 2.96. The Balaban J connectivity index is 1.73. The number of likely N-dealkylation sites (tertiary alicyclic amines) is 1. The maximum absolute atomic E-state index is 3.47. The standard InChI is InChI=1S/C12H17BrN2/c13-11-4-3-5-12(10-11)14-6-9-15-7-1-2-8-15/h3-5,10,14H,1-2,6-9H2.